The van der Waals surface area contributed by atoms with Gasteiger partial charge in [-0.2, -0.15) is 18.4 Å². The highest BCUT2D eigenvalue weighted by Crippen LogP contribution is 2.49. The standard InChI is InChI=1S/C23H17F3N4O2S2/c24-23(25,26)17-4-2-13-18(19(28)33-20(13)29-17)21(32)30-7-5-22(6-8-30)10-15(31)14-9-12(11-27)1-3-16(14)34-22/h1-4,9H,5-8,10,28H2. The summed E-state index contributed by atoms with van der Waals surface area (Å²) in [5.41, 5.74) is 6.19. The molecule has 34 heavy (non-hydrogen) atoms. The summed E-state index contributed by atoms with van der Waals surface area (Å²) in [4.78, 5) is 32.3. The van der Waals surface area contributed by atoms with Gasteiger partial charge in [-0.3, -0.25) is 9.59 Å². The summed E-state index contributed by atoms with van der Waals surface area (Å²) in [6.45, 7) is 0.797. The molecule has 0 unspecified atom stereocenters. The SMILES string of the molecule is N#Cc1ccc2c(c1)C(=O)CC1(CCN(C(=O)c3c(N)sc4nc(C(F)(F)F)ccc34)CC1)S2. The van der Waals surface area contributed by atoms with E-state index in [1.54, 1.807) is 34.9 Å². The third-order valence-electron chi connectivity index (χ3n) is 6.27. The number of nitrogen functional groups attached to an aromatic ring is 1. The van der Waals surface area contributed by atoms with E-state index >= 15 is 0 Å². The van der Waals surface area contributed by atoms with E-state index in [4.69, 9.17) is 11.0 Å². The number of alkyl halides is 3. The van der Waals surface area contributed by atoms with Crippen LogP contribution in [0.5, 0.6) is 0 Å². The first-order valence-corrected chi connectivity index (χ1v) is 12.1. The van der Waals surface area contributed by atoms with Crippen molar-refractivity contribution in [1.82, 2.24) is 9.88 Å². The van der Waals surface area contributed by atoms with Crippen LogP contribution in [-0.2, 0) is 6.18 Å². The Morgan fingerprint density at radius 1 is 1.21 bits per heavy atom. The van der Waals surface area contributed by atoms with Gasteiger partial charge in [0.15, 0.2) is 5.78 Å². The molecular weight excluding hydrogens is 485 g/mol. The Hall–Kier alpha value is -3.10. The molecular formula is C23H17F3N4O2S2. The number of carbonyl (C=O) groups is 2. The van der Waals surface area contributed by atoms with Gasteiger partial charge in [-0.25, -0.2) is 4.98 Å². The number of hydrogen-bond donors (Lipinski definition) is 1. The molecule has 1 fully saturated rings. The van der Waals surface area contributed by atoms with Gasteiger partial charge < -0.3 is 10.6 Å². The first-order valence-electron chi connectivity index (χ1n) is 10.4. The molecule has 174 valence electrons. The summed E-state index contributed by atoms with van der Waals surface area (Å²) < 4.78 is 38.7. The van der Waals surface area contributed by atoms with E-state index in [0.717, 1.165) is 22.3 Å². The van der Waals surface area contributed by atoms with Crippen LogP contribution >= 0.6 is 23.1 Å². The predicted molar refractivity (Wildman–Crippen MR) is 123 cm³/mol. The number of nitrogens with two attached hydrogens (primary N) is 1. The number of carbonyl (C=O) groups excluding carboxylic acids is 2. The third-order valence-corrected chi connectivity index (χ3v) is 8.76. The summed E-state index contributed by atoms with van der Waals surface area (Å²) in [5, 5.41) is 9.54. The van der Waals surface area contributed by atoms with E-state index in [1.807, 2.05) is 0 Å². The molecule has 1 amide bonds. The second-order valence-corrected chi connectivity index (χ2v) is 10.9. The molecule has 1 saturated heterocycles. The summed E-state index contributed by atoms with van der Waals surface area (Å²) in [7, 11) is 0. The molecule has 6 nitrogen and oxygen atoms in total. The van der Waals surface area contributed by atoms with E-state index in [0.29, 0.717) is 48.9 Å². The van der Waals surface area contributed by atoms with Gasteiger partial charge in [-0.05, 0) is 43.2 Å². The number of aromatic nitrogens is 1. The van der Waals surface area contributed by atoms with E-state index in [2.05, 4.69) is 11.1 Å². The fourth-order valence-electron chi connectivity index (χ4n) is 4.49. The number of piperidine rings is 1. The minimum atomic E-state index is -4.58. The van der Waals surface area contributed by atoms with Gasteiger partial charge in [0.1, 0.15) is 15.5 Å². The zero-order chi connectivity index (χ0) is 24.3. The Balaban J connectivity index is 1.36. The lowest BCUT2D eigenvalue weighted by Crippen LogP contribution is -2.47. The first kappa shape index (κ1) is 22.7. The number of likely N-dealkylation sites (tertiary alicyclic amines) is 1. The average molecular weight is 503 g/mol. The number of pyridine rings is 1. The summed E-state index contributed by atoms with van der Waals surface area (Å²) in [6, 6.07) is 9.28. The molecule has 5 rings (SSSR count). The second kappa shape index (κ2) is 7.99. The second-order valence-electron chi connectivity index (χ2n) is 8.39. The fourth-order valence-corrected chi connectivity index (χ4v) is 6.90. The monoisotopic (exact) mass is 502 g/mol. The molecule has 4 heterocycles. The third kappa shape index (κ3) is 3.80. The van der Waals surface area contributed by atoms with Crippen molar-refractivity contribution in [2.24, 2.45) is 0 Å². The predicted octanol–water partition coefficient (Wildman–Crippen LogP) is 5.12. The summed E-state index contributed by atoms with van der Waals surface area (Å²) >= 11 is 2.48. The lowest BCUT2D eigenvalue weighted by Gasteiger charge is -2.43. The van der Waals surface area contributed by atoms with Gasteiger partial charge in [0, 0.05) is 40.1 Å². The van der Waals surface area contributed by atoms with Crippen LogP contribution in [0.15, 0.2) is 35.2 Å². The van der Waals surface area contributed by atoms with Crippen LogP contribution in [0.1, 0.15) is 51.2 Å². The van der Waals surface area contributed by atoms with Crippen molar-refractivity contribution < 1.29 is 22.8 Å². The number of Topliss-reactive ketones (excluding diaryl/α,β-unsaturated/α-hetero) is 1. The topological polar surface area (TPSA) is 100 Å². The number of halogens is 3. The number of amides is 1. The number of anilines is 1. The minimum Gasteiger partial charge on any atom is -0.390 e. The largest absolute Gasteiger partial charge is 0.433 e. The van der Waals surface area contributed by atoms with Crippen LogP contribution in [0, 0.1) is 11.3 Å². The average Bonchev–Trinajstić information content (AvgIpc) is 3.13. The molecule has 0 saturated carbocycles. The molecule has 2 aliphatic rings. The Morgan fingerprint density at radius 2 is 1.94 bits per heavy atom. The lowest BCUT2D eigenvalue weighted by molar-refractivity contribution is -0.140. The van der Waals surface area contributed by atoms with E-state index < -0.39 is 11.9 Å². The van der Waals surface area contributed by atoms with Crippen molar-refractivity contribution in [3.63, 3.8) is 0 Å². The molecule has 2 aromatic heterocycles. The molecule has 11 heteroatoms. The van der Waals surface area contributed by atoms with Crippen molar-refractivity contribution in [1.29, 1.82) is 5.26 Å². The highest BCUT2D eigenvalue weighted by Gasteiger charge is 2.43. The van der Waals surface area contributed by atoms with Crippen molar-refractivity contribution in [3.05, 3.63) is 52.7 Å². The number of thiophene rings is 1. The lowest BCUT2D eigenvalue weighted by atomic mass is 9.87. The van der Waals surface area contributed by atoms with Gasteiger partial charge in [-0.15, -0.1) is 11.8 Å². The molecule has 0 radical (unpaired) electrons. The van der Waals surface area contributed by atoms with Gasteiger partial charge in [0.25, 0.3) is 5.91 Å². The molecule has 3 aromatic rings. The molecule has 2 aliphatic heterocycles. The van der Waals surface area contributed by atoms with E-state index in [9.17, 15) is 22.8 Å². The summed E-state index contributed by atoms with van der Waals surface area (Å²) in [6.07, 6.45) is -3.07. The van der Waals surface area contributed by atoms with E-state index in [1.165, 1.54) is 6.07 Å². The maximum absolute atomic E-state index is 13.3. The minimum absolute atomic E-state index is 0.00903. The molecule has 0 bridgehead atoms. The number of ketones is 1. The fraction of sp³-hybridized carbons (Fsp3) is 0.304. The molecule has 0 atom stereocenters. The zero-order valence-corrected chi connectivity index (χ0v) is 19.2. The smallest absolute Gasteiger partial charge is 0.390 e. The number of hydrogen-bond acceptors (Lipinski definition) is 7. The number of thioether (sulfide) groups is 1. The van der Waals surface area contributed by atoms with Crippen molar-refractivity contribution in [3.8, 4) is 6.07 Å². The maximum Gasteiger partial charge on any atom is 0.433 e. The van der Waals surface area contributed by atoms with Crippen LogP contribution in [0.25, 0.3) is 10.2 Å². The number of rotatable bonds is 1. The maximum atomic E-state index is 13.3. The Kier molecular flexibility index (Phi) is 5.33. The number of benzene rings is 1. The van der Waals surface area contributed by atoms with Crippen LogP contribution in [-0.4, -0.2) is 39.4 Å². The van der Waals surface area contributed by atoms with Crippen molar-refractivity contribution in [2.45, 2.75) is 35.1 Å². The van der Waals surface area contributed by atoms with Crippen molar-refractivity contribution >= 4 is 50.0 Å². The van der Waals surface area contributed by atoms with Crippen LogP contribution in [0.3, 0.4) is 0 Å². The zero-order valence-electron chi connectivity index (χ0n) is 17.6. The number of nitriles is 1. The van der Waals surface area contributed by atoms with Crippen LogP contribution in [0.4, 0.5) is 18.2 Å². The Bertz CT molecular complexity index is 1390. The quantitative estimate of drug-likeness (QED) is 0.496. The summed E-state index contributed by atoms with van der Waals surface area (Å²) in [5.74, 6) is -0.350. The number of nitrogens with zero attached hydrogens (tertiary/aromatic N) is 3. The normalized spacial score (nSPS) is 17.6. The first-order chi connectivity index (χ1) is 16.1. The van der Waals surface area contributed by atoms with Crippen LogP contribution < -0.4 is 5.73 Å². The molecule has 2 N–H and O–H groups in total. The highest BCUT2D eigenvalue weighted by molar-refractivity contribution is 8.01. The molecule has 1 spiro atoms. The van der Waals surface area contributed by atoms with Gasteiger partial charge in [0.05, 0.1) is 17.2 Å². The van der Waals surface area contributed by atoms with Crippen molar-refractivity contribution in [2.75, 3.05) is 18.8 Å². The highest BCUT2D eigenvalue weighted by atomic mass is 32.2. The molecule has 1 aromatic carbocycles. The van der Waals surface area contributed by atoms with Crippen LogP contribution in [0.2, 0.25) is 0 Å². The molecule has 0 aliphatic carbocycles. The Labute approximate surface area is 200 Å². The number of fused-ring (bicyclic) bond motifs is 2. The van der Waals surface area contributed by atoms with Gasteiger partial charge in [0.2, 0.25) is 0 Å². The van der Waals surface area contributed by atoms with E-state index in [-0.39, 0.29) is 31.8 Å². The van der Waals surface area contributed by atoms with Gasteiger partial charge in [-0.1, -0.05) is 11.3 Å². The van der Waals surface area contributed by atoms with Gasteiger partial charge >= 0.3 is 6.18 Å². The Morgan fingerprint density at radius 3 is 2.62 bits per heavy atom.